The Morgan fingerprint density at radius 3 is 2.15 bits per heavy atom. The van der Waals surface area contributed by atoms with Crippen molar-refractivity contribution >= 4 is 21.7 Å². The van der Waals surface area contributed by atoms with Crippen molar-refractivity contribution in [3.05, 3.63) is 0 Å². The van der Waals surface area contributed by atoms with E-state index >= 15 is 0 Å². The molecule has 5 fully saturated rings. The van der Waals surface area contributed by atoms with Crippen LogP contribution in [0.5, 0.6) is 0 Å². The topological polar surface area (TPSA) is 83.6 Å². The van der Waals surface area contributed by atoms with E-state index in [9.17, 15) is 18.0 Å². The van der Waals surface area contributed by atoms with Gasteiger partial charge >= 0.3 is 0 Å². The van der Waals surface area contributed by atoms with Gasteiger partial charge in [0.25, 0.3) is 0 Å². The van der Waals surface area contributed by atoms with Crippen LogP contribution in [-0.2, 0) is 19.4 Å². The molecule has 5 aliphatic rings. The van der Waals surface area contributed by atoms with Crippen LogP contribution in [0.25, 0.3) is 0 Å². The van der Waals surface area contributed by atoms with Crippen LogP contribution >= 0.6 is 0 Å². The van der Waals surface area contributed by atoms with Gasteiger partial charge in [0.1, 0.15) is 0 Å². The predicted octanol–water partition coefficient (Wildman–Crippen LogP) is 1.35. The van der Waals surface area contributed by atoms with Gasteiger partial charge in [-0.3, -0.25) is 9.59 Å². The molecule has 1 aliphatic heterocycles. The summed E-state index contributed by atoms with van der Waals surface area (Å²) in [5, 5.41) is 2.80. The van der Waals surface area contributed by atoms with Crippen molar-refractivity contribution in [2.75, 3.05) is 25.1 Å². The van der Waals surface area contributed by atoms with Gasteiger partial charge in [-0.05, 0) is 68.1 Å². The molecule has 1 unspecified atom stereocenters. The van der Waals surface area contributed by atoms with Crippen molar-refractivity contribution in [3.63, 3.8) is 0 Å². The molecule has 26 heavy (non-hydrogen) atoms. The maximum absolute atomic E-state index is 12.5. The Morgan fingerprint density at radius 1 is 1.08 bits per heavy atom. The summed E-state index contributed by atoms with van der Waals surface area (Å²) in [6, 6.07) is -0.257. The zero-order valence-corrected chi connectivity index (χ0v) is 16.4. The van der Waals surface area contributed by atoms with Crippen molar-refractivity contribution < 1.29 is 18.0 Å². The Balaban J connectivity index is 1.27. The van der Waals surface area contributed by atoms with Gasteiger partial charge in [0.15, 0.2) is 9.84 Å². The van der Waals surface area contributed by atoms with Crippen molar-refractivity contribution in [1.82, 2.24) is 10.2 Å². The summed E-state index contributed by atoms with van der Waals surface area (Å²) >= 11 is 0. The third-order valence-electron chi connectivity index (χ3n) is 7.29. The molecule has 146 valence electrons. The number of hydrogen-bond acceptors (Lipinski definition) is 4. The number of rotatable bonds is 5. The highest BCUT2D eigenvalue weighted by atomic mass is 32.2. The van der Waals surface area contributed by atoms with Crippen LogP contribution in [0.1, 0.15) is 51.4 Å². The summed E-state index contributed by atoms with van der Waals surface area (Å²) < 4.78 is 23.2. The van der Waals surface area contributed by atoms with Crippen LogP contribution in [-0.4, -0.2) is 56.3 Å². The van der Waals surface area contributed by atoms with Crippen molar-refractivity contribution in [2.45, 2.75) is 57.4 Å². The molecular weight excluding hydrogens is 352 g/mol. The van der Waals surface area contributed by atoms with Crippen LogP contribution in [0.2, 0.25) is 0 Å². The molecule has 1 N–H and O–H groups in total. The van der Waals surface area contributed by atoms with Crippen LogP contribution in [0.15, 0.2) is 0 Å². The first kappa shape index (κ1) is 18.3. The van der Waals surface area contributed by atoms with E-state index < -0.39 is 9.84 Å². The Labute approximate surface area is 156 Å². The largest absolute Gasteiger partial charge is 0.347 e. The summed E-state index contributed by atoms with van der Waals surface area (Å²) in [6.45, 7) is -0.0295. The second-order valence-corrected chi connectivity index (χ2v) is 11.7. The number of amides is 2. The van der Waals surface area contributed by atoms with E-state index in [0.29, 0.717) is 12.8 Å². The van der Waals surface area contributed by atoms with Gasteiger partial charge in [-0.15, -0.1) is 0 Å². The molecule has 1 heterocycles. The molecule has 7 heteroatoms. The first-order valence-corrected chi connectivity index (χ1v) is 11.8. The molecule has 1 atom stereocenters. The Morgan fingerprint density at radius 2 is 1.65 bits per heavy atom. The van der Waals surface area contributed by atoms with Crippen molar-refractivity contribution in [3.8, 4) is 0 Å². The van der Waals surface area contributed by atoms with Gasteiger partial charge in [-0.2, -0.15) is 0 Å². The van der Waals surface area contributed by atoms with Gasteiger partial charge in [0.05, 0.1) is 18.1 Å². The summed E-state index contributed by atoms with van der Waals surface area (Å²) in [6.07, 6.45) is 8.65. The van der Waals surface area contributed by atoms with E-state index in [1.165, 1.54) is 43.4 Å². The number of likely N-dealkylation sites (N-methyl/N-ethyl adjacent to an activating group) is 1. The van der Waals surface area contributed by atoms with Crippen LogP contribution in [0, 0.1) is 23.2 Å². The predicted molar refractivity (Wildman–Crippen MR) is 98.1 cm³/mol. The lowest BCUT2D eigenvalue weighted by Gasteiger charge is -2.56. The van der Waals surface area contributed by atoms with Crippen molar-refractivity contribution in [1.29, 1.82) is 0 Å². The Bertz CT molecular complexity index is 667. The maximum atomic E-state index is 12.5. The van der Waals surface area contributed by atoms with E-state index in [0.717, 1.165) is 17.8 Å². The molecule has 2 amide bonds. The van der Waals surface area contributed by atoms with E-state index in [1.54, 1.807) is 7.05 Å². The molecule has 4 bridgehead atoms. The zero-order chi connectivity index (χ0) is 18.5. The molecule has 6 nitrogen and oxygen atoms in total. The van der Waals surface area contributed by atoms with Crippen molar-refractivity contribution in [2.24, 2.45) is 23.2 Å². The standard InChI is InChI=1S/C19H30N2O4S/c1-21(16-2-3-26(24,25)12-16)18(23)11-20-17(22)10-19-7-13-4-14(8-19)6-15(5-13)9-19/h13-16H,2-12H2,1H3,(H,20,22). The highest BCUT2D eigenvalue weighted by Gasteiger charge is 2.51. The smallest absolute Gasteiger partial charge is 0.241 e. The molecule has 0 aromatic heterocycles. The summed E-state index contributed by atoms with van der Waals surface area (Å²) in [5.41, 5.74) is 0.174. The summed E-state index contributed by atoms with van der Waals surface area (Å²) in [7, 11) is -1.38. The molecule has 4 saturated carbocycles. The fourth-order valence-electron chi connectivity index (χ4n) is 6.49. The molecule has 0 spiro atoms. The number of carbonyl (C=O) groups is 2. The normalized spacial score (nSPS) is 39.7. The number of sulfone groups is 1. The van der Waals surface area contributed by atoms with Crippen LogP contribution in [0.4, 0.5) is 0 Å². The minimum Gasteiger partial charge on any atom is -0.347 e. The number of nitrogens with zero attached hydrogens (tertiary/aromatic N) is 1. The minimum absolute atomic E-state index is 0.0206. The molecular formula is C19H30N2O4S. The SMILES string of the molecule is CN(C(=O)CNC(=O)CC12CC3CC(CC(C3)C1)C2)C1CCS(=O)(=O)C1. The molecule has 4 aliphatic carbocycles. The first-order valence-electron chi connectivity index (χ1n) is 9.96. The quantitative estimate of drug-likeness (QED) is 0.778. The van der Waals surface area contributed by atoms with Gasteiger partial charge in [0, 0.05) is 19.5 Å². The average Bonchev–Trinajstić information content (AvgIpc) is 2.90. The van der Waals surface area contributed by atoms with Gasteiger partial charge in [-0.1, -0.05) is 0 Å². The second kappa shape index (κ2) is 6.50. The number of nitrogens with one attached hydrogen (secondary N) is 1. The maximum Gasteiger partial charge on any atom is 0.241 e. The Hall–Kier alpha value is -1.11. The monoisotopic (exact) mass is 382 g/mol. The highest BCUT2D eigenvalue weighted by Crippen LogP contribution is 2.61. The zero-order valence-electron chi connectivity index (χ0n) is 15.6. The summed E-state index contributed by atoms with van der Waals surface area (Å²) in [4.78, 5) is 26.3. The molecule has 1 saturated heterocycles. The van der Waals surface area contributed by atoms with E-state index in [-0.39, 0.29) is 41.3 Å². The fraction of sp³-hybridized carbons (Fsp3) is 0.895. The highest BCUT2D eigenvalue weighted by molar-refractivity contribution is 7.91. The molecule has 0 radical (unpaired) electrons. The van der Waals surface area contributed by atoms with Gasteiger partial charge < -0.3 is 10.2 Å². The molecule has 0 aromatic carbocycles. The lowest BCUT2D eigenvalue weighted by Crippen LogP contribution is -2.49. The third kappa shape index (κ3) is 3.64. The first-order chi connectivity index (χ1) is 12.2. The van der Waals surface area contributed by atoms with Gasteiger partial charge in [-0.25, -0.2) is 8.42 Å². The number of carbonyl (C=O) groups excluding carboxylic acids is 2. The minimum atomic E-state index is -3.02. The third-order valence-corrected chi connectivity index (χ3v) is 9.04. The molecule has 0 aromatic rings. The van der Waals surface area contributed by atoms with Crippen LogP contribution in [0.3, 0.4) is 0 Å². The fourth-order valence-corrected chi connectivity index (χ4v) is 8.27. The van der Waals surface area contributed by atoms with E-state index in [2.05, 4.69) is 5.32 Å². The lowest BCUT2D eigenvalue weighted by molar-refractivity contribution is -0.135. The number of hydrogen-bond donors (Lipinski definition) is 1. The van der Waals surface area contributed by atoms with E-state index in [4.69, 9.17) is 0 Å². The Kier molecular flexibility index (Phi) is 4.56. The summed E-state index contributed by atoms with van der Waals surface area (Å²) in [5.74, 6) is 2.39. The molecule has 5 rings (SSSR count). The second-order valence-electron chi connectivity index (χ2n) is 9.43. The average molecular weight is 383 g/mol. The van der Waals surface area contributed by atoms with Gasteiger partial charge in [0.2, 0.25) is 11.8 Å². The van der Waals surface area contributed by atoms with Crippen LogP contribution < -0.4 is 5.32 Å². The lowest BCUT2D eigenvalue weighted by atomic mass is 9.49. The van der Waals surface area contributed by atoms with E-state index in [1.807, 2.05) is 0 Å².